The van der Waals surface area contributed by atoms with Crippen molar-refractivity contribution >= 4 is 5.91 Å². The predicted octanol–water partition coefficient (Wildman–Crippen LogP) is 2.47. The van der Waals surface area contributed by atoms with Crippen LogP contribution in [0.2, 0.25) is 0 Å². The Bertz CT molecular complexity index is 518. The first-order valence-electron chi connectivity index (χ1n) is 8.32. The topological polar surface area (TPSA) is 64.3 Å². The van der Waals surface area contributed by atoms with Gasteiger partial charge in [0.05, 0.1) is 6.61 Å². The highest BCUT2D eigenvalue weighted by molar-refractivity contribution is 5.95. The summed E-state index contributed by atoms with van der Waals surface area (Å²) in [6, 6.07) is 8.29. The Kier molecular flexibility index (Phi) is 4.79. The van der Waals surface area contributed by atoms with Crippen LogP contribution in [0.1, 0.15) is 48.0 Å². The van der Waals surface area contributed by atoms with Gasteiger partial charge in [0, 0.05) is 24.8 Å². The van der Waals surface area contributed by atoms with Crippen molar-refractivity contribution in [3.05, 3.63) is 35.4 Å². The van der Waals surface area contributed by atoms with Gasteiger partial charge in [-0.15, -0.1) is 0 Å². The number of nitrogens with one attached hydrogen (secondary N) is 1. The molecule has 22 heavy (non-hydrogen) atoms. The molecule has 2 atom stereocenters. The SMILES string of the molecule is COCc1ccccc1C(=O)NC1C2CCCC1CC(N)C2. The summed E-state index contributed by atoms with van der Waals surface area (Å²) in [6.07, 6.45) is 5.74. The highest BCUT2D eigenvalue weighted by atomic mass is 16.5. The van der Waals surface area contributed by atoms with E-state index in [1.807, 2.05) is 24.3 Å². The van der Waals surface area contributed by atoms with Crippen molar-refractivity contribution in [1.29, 1.82) is 0 Å². The van der Waals surface area contributed by atoms with E-state index in [1.54, 1.807) is 7.11 Å². The van der Waals surface area contributed by atoms with E-state index >= 15 is 0 Å². The number of nitrogens with two attached hydrogens (primary N) is 1. The third-order valence-corrected chi connectivity index (χ3v) is 5.24. The van der Waals surface area contributed by atoms with Gasteiger partial charge in [0.25, 0.3) is 5.91 Å². The van der Waals surface area contributed by atoms with Gasteiger partial charge in [-0.3, -0.25) is 4.79 Å². The number of carbonyl (C=O) groups excluding carboxylic acids is 1. The van der Waals surface area contributed by atoms with Crippen molar-refractivity contribution in [1.82, 2.24) is 5.32 Å². The molecule has 0 aliphatic heterocycles. The van der Waals surface area contributed by atoms with Crippen molar-refractivity contribution in [3.8, 4) is 0 Å². The van der Waals surface area contributed by atoms with Gasteiger partial charge in [0.2, 0.25) is 0 Å². The minimum Gasteiger partial charge on any atom is -0.380 e. The van der Waals surface area contributed by atoms with Gasteiger partial charge >= 0.3 is 0 Å². The zero-order valence-electron chi connectivity index (χ0n) is 13.3. The number of ether oxygens (including phenoxy) is 1. The second-order valence-electron chi connectivity index (χ2n) is 6.77. The molecule has 2 aliphatic carbocycles. The van der Waals surface area contributed by atoms with Crippen LogP contribution in [0.3, 0.4) is 0 Å². The van der Waals surface area contributed by atoms with E-state index in [4.69, 9.17) is 10.5 Å². The van der Waals surface area contributed by atoms with Gasteiger partial charge in [-0.05, 0) is 49.1 Å². The molecule has 0 radical (unpaired) electrons. The molecule has 0 aromatic heterocycles. The zero-order chi connectivity index (χ0) is 15.5. The molecule has 1 aromatic carbocycles. The van der Waals surface area contributed by atoms with Crippen LogP contribution in [0.4, 0.5) is 0 Å². The Hall–Kier alpha value is -1.39. The maximum atomic E-state index is 12.7. The summed E-state index contributed by atoms with van der Waals surface area (Å²) in [6.45, 7) is 0.464. The average Bonchev–Trinajstić information content (AvgIpc) is 2.49. The third-order valence-electron chi connectivity index (χ3n) is 5.24. The van der Waals surface area contributed by atoms with E-state index in [9.17, 15) is 4.79 Å². The predicted molar refractivity (Wildman–Crippen MR) is 86.4 cm³/mol. The van der Waals surface area contributed by atoms with Crippen LogP contribution in [0.25, 0.3) is 0 Å². The van der Waals surface area contributed by atoms with Crippen LogP contribution in [0.15, 0.2) is 24.3 Å². The molecule has 0 heterocycles. The van der Waals surface area contributed by atoms with Crippen LogP contribution in [-0.2, 0) is 11.3 Å². The summed E-state index contributed by atoms with van der Waals surface area (Å²) in [5.74, 6) is 1.12. The number of fused-ring (bicyclic) bond motifs is 2. The fraction of sp³-hybridized carbons (Fsp3) is 0.611. The normalized spacial score (nSPS) is 30.8. The van der Waals surface area contributed by atoms with Crippen molar-refractivity contribution in [3.63, 3.8) is 0 Å². The van der Waals surface area contributed by atoms with E-state index in [1.165, 1.54) is 19.3 Å². The summed E-state index contributed by atoms with van der Waals surface area (Å²) >= 11 is 0. The maximum Gasteiger partial charge on any atom is 0.251 e. The summed E-state index contributed by atoms with van der Waals surface area (Å²) in [5, 5.41) is 3.31. The molecule has 2 unspecified atom stereocenters. The lowest BCUT2D eigenvalue weighted by atomic mass is 9.67. The van der Waals surface area contributed by atoms with Crippen LogP contribution in [0, 0.1) is 11.8 Å². The van der Waals surface area contributed by atoms with Gasteiger partial charge in [-0.25, -0.2) is 0 Å². The quantitative estimate of drug-likeness (QED) is 0.898. The van der Waals surface area contributed by atoms with E-state index in [0.29, 0.717) is 24.5 Å². The standard InChI is InChI=1S/C18H26N2O2/c1-22-11-14-5-2-3-8-16(14)18(21)20-17-12-6-4-7-13(17)10-15(19)9-12/h2-3,5,8,12-13,15,17H,4,6-7,9-11,19H2,1H3,(H,20,21). The molecule has 2 fully saturated rings. The highest BCUT2D eigenvalue weighted by Crippen LogP contribution is 2.39. The lowest BCUT2D eigenvalue weighted by molar-refractivity contribution is 0.0752. The zero-order valence-corrected chi connectivity index (χ0v) is 13.3. The van der Waals surface area contributed by atoms with E-state index < -0.39 is 0 Å². The molecule has 4 heteroatoms. The lowest BCUT2D eigenvalue weighted by Crippen LogP contribution is -2.53. The van der Waals surface area contributed by atoms with Gasteiger partial charge in [-0.2, -0.15) is 0 Å². The number of amides is 1. The first-order valence-corrected chi connectivity index (χ1v) is 8.32. The van der Waals surface area contributed by atoms with Crippen molar-refractivity contribution < 1.29 is 9.53 Å². The molecule has 3 rings (SSSR count). The molecular weight excluding hydrogens is 276 g/mol. The minimum atomic E-state index is 0.0324. The van der Waals surface area contributed by atoms with Crippen LogP contribution in [0.5, 0.6) is 0 Å². The number of hydrogen-bond donors (Lipinski definition) is 2. The molecule has 2 bridgehead atoms. The van der Waals surface area contributed by atoms with Crippen molar-refractivity contribution in [2.24, 2.45) is 17.6 Å². The van der Waals surface area contributed by atoms with Crippen molar-refractivity contribution in [2.75, 3.05) is 7.11 Å². The Morgan fingerprint density at radius 3 is 2.64 bits per heavy atom. The van der Waals surface area contributed by atoms with Crippen molar-refractivity contribution in [2.45, 2.75) is 50.8 Å². The van der Waals surface area contributed by atoms with E-state index in [-0.39, 0.29) is 11.9 Å². The fourth-order valence-electron chi connectivity index (χ4n) is 4.28. The van der Waals surface area contributed by atoms with Crippen LogP contribution in [-0.4, -0.2) is 25.1 Å². The Labute approximate surface area is 132 Å². The first-order chi connectivity index (χ1) is 10.7. The second kappa shape index (κ2) is 6.80. The number of carbonyl (C=O) groups is 1. The van der Waals surface area contributed by atoms with Crippen LogP contribution < -0.4 is 11.1 Å². The minimum absolute atomic E-state index is 0.0324. The average molecular weight is 302 g/mol. The molecule has 4 nitrogen and oxygen atoms in total. The highest BCUT2D eigenvalue weighted by Gasteiger charge is 2.40. The largest absolute Gasteiger partial charge is 0.380 e. The molecule has 1 aromatic rings. The van der Waals surface area contributed by atoms with Gasteiger partial charge in [0.1, 0.15) is 0 Å². The first kappa shape index (κ1) is 15.5. The molecule has 3 N–H and O–H groups in total. The molecule has 0 saturated heterocycles. The van der Waals surface area contributed by atoms with Gasteiger partial charge < -0.3 is 15.8 Å². The Morgan fingerprint density at radius 1 is 1.27 bits per heavy atom. The smallest absolute Gasteiger partial charge is 0.251 e. The number of hydrogen-bond acceptors (Lipinski definition) is 3. The summed E-state index contributed by atoms with van der Waals surface area (Å²) in [5.41, 5.74) is 7.84. The lowest BCUT2D eigenvalue weighted by Gasteiger charge is -2.45. The van der Waals surface area contributed by atoms with Gasteiger partial charge in [0.15, 0.2) is 0 Å². The number of benzene rings is 1. The second-order valence-corrected chi connectivity index (χ2v) is 6.77. The van der Waals surface area contributed by atoms with Gasteiger partial charge in [-0.1, -0.05) is 24.6 Å². The van der Waals surface area contributed by atoms with Crippen LogP contribution >= 0.6 is 0 Å². The Morgan fingerprint density at radius 2 is 1.95 bits per heavy atom. The molecular formula is C18H26N2O2. The third kappa shape index (κ3) is 3.18. The summed E-state index contributed by atoms with van der Waals surface area (Å²) < 4.78 is 5.20. The maximum absolute atomic E-state index is 12.7. The molecule has 2 saturated carbocycles. The molecule has 0 spiro atoms. The summed E-state index contributed by atoms with van der Waals surface area (Å²) in [7, 11) is 1.65. The molecule has 120 valence electrons. The number of methoxy groups -OCH3 is 1. The summed E-state index contributed by atoms with van der Waals surface area (Å²) in [4.78, 5) is 12.7. The van der Waals surface area contributed by atoms with E-state index in [2.05, 4.69) is 5.32 Å². The fourth-order valence-corrected chi connectivity index (χ4v) is 4.28. The number of rotatable bonds is 4. The Balaban J connectivity index is 1.74. The molecule has 1 amide bonds. The molecule has 2 aliphatic rings. The van der Waals surface area contributed by atoms with E-state index in [0.717, 1.165) is 24.0 Å². The monoisotopic (exact) mass is 302 g/mol.